The number of halogens is 4. The molecule has 0 aliphatic carbocycles. The largest absolute Gasteiger partial charge is 0.417 e. The second-order valence-electron chi connectivity index (χ2n) is 3.93. The minimum absolute atomic E-state index is 0.380. The third kappa shape index (κ3) is 3.52. The Morgan fingerprint density at radius 1 is 1.25 bits per heavy atom. The topological polar surface area (TPSA) is 35.8 Å². The summed E-state index contributed by atoms with van der Waals surface area (Å²) in [5.41, 5.74) is -0.807. The molecule has 0 unspecified atom stereocenters. The van der Waals surface area contributed by atoms with Crippen LogP contribution in [0, 0.1) is 11.3 Å². The molecule has 2 rings (SSSR count). The van der Waals surface area contributed by atoms with Gasteiger partial charge in [-0.05, 0) is 46.3 Å². The number of hydrogen-bond donors (Lipinski definition) is 1. The molecule has 2 aromatic rings. The Morgan fingerprint density at radius 2 is 2.00 bits per heavy atom. The fourth-order valence-corrected chi connectivity index (χ4v) is 3.05. The van der Waals surface area contributed by atoms with Gasteiger partial charge in [-0.3, -0.25) is 0 Å². The van der Waals surface area contributed by atoms with Crippen molar-refractivity contribution in [2.75, 3.05) is 5.32 Å². The van der Waals surface area contributed by atoms with Crippen LogP contribution in [-0.4, -0.2) is 0 Å². The van der Waals surface area contributed by atoms with Gasteiger partial charge in [0.2, 0.25) is 0 Å². The molecule has 1 heterocycles. The van der Waals surface area contributed by atoms with E-state index in [0.29, 0.717) is 12.2 Å². The Balaban J connectivity index is 2.16. The van der Waals surface area contributed by atoms with Crippen molar-refractivity contribution in [1.29, 1.82) is 5.26 Å². The van der Waals surface area contributed by atoms with Crippen LogP contribution in [-0.2, 0) is 12.7 Å². The molecule has 0 fully saturated rings. The summed E-state index contributed by atoms with van der Waals surface area (Å²) in [6.07, 6.45) is -4.51. The zero-order valence-electron chi connectivity index (χ0n) is 9.96. The molecule has 0 aliphatic rings. The predicted octanol–water partition coefficient (Wildman–Crippen LogP) is 5.01. The maximum Gasteiger partial charge on any atom is 0.417 e. The highest BCUT2D eigenvalue weighted by molar-refractivity contribution is 9.11. The summed E-state index contributed by atoms with van der Waals surface area (Å²) in [5.74, 6) is 0. The van der Waals surface area contributed by atoms with Crippen molar-refractivity contribution >= 4 is 33.0 Å². The summed E-state index contributed by atoms with van der Waals surface area (Å²) >= 11 is 4.87. The number of alkyl halides is 3. The first-order valence-corrected chi connectivity index (χ1v) is 7.10. The van der Waals surface area contributed by atoms with Gasteiger partial charge >= 0.3 is 6.18 Å². The summed E-state index contributed by atoms with van der Waals surface area (Å²) in [5, 5.41) is 11.8. The lowest BCUT2D eigenvalue weighted by molar-refractivity contribution is -0.137. The van der Waals surface area contributed by atoms with Gasteiger partial charge in [-0.15, -0.1) is 11.3 Å². The van der Waals surface area contributed by atoms with Crippen LogP contribution in [0.15, 0.2) is 34.1 Å². The third-order valence-corrected chi connectivity index (χ3v) is 4.16. The first-order chi connectivity index (χ1) is 9.40. The smallest absolute Gasteiger partial charge is 0.380 e. The Morgan fingerprint density at radius 3 is 2.55 bits per heavy atom. The lowest BCUT2D eigenvalue weighted by Crippen LogP contribution is -2.08. The van der Waals surface area contributed by atoms with Crippen molar-refractivity contribution in [3.63, 3.8) is 0 Å². The minimum Gasteiger partial charge on any atom is -0.380 e. The van der Waals surface area contributed by atoms with Crippen LogP contribution in [0.4, 0.5) is 18.9 Å². The summed E-state index contributed by atoms with van der Waals surface area (Å²) in [7, 11) is 0. The number of thiophene rings is 1. The van der Waals surface area contributed by atoms with Crippen molar-refractivity contribution < 1.29 is 13.2 Å². The fraction of sp³-hybridized carbons (Fsp3) is 0.154. The van der Waals surface area contributed by atoms with E-state index < -0.39 is 11.7 Å². The zero-order chi connectivity index (χ0) is 14.8. The Labute approximate surface area is 126 Å². The highest BCUT2D eigenvalue weighted by atomic mass is 79.9. The lowest BCUT2D eigenvalue weighted by Gasteiger charge is -2.11. The van der Waals surface area contributed by atoms with Crippen molar-refractivity contribution in [2.24, 2.45) is 0 Å². The van der Waals surface area contributed by atoms with Gasteiger partial charge in [-0.1, -0.05) is 0 Å². The van der Waals surface area contributed by atoms with E-state index in [2.05, 4.69) is 21.2 Å². The molecule has 0 radical (unpaired) electrons. The zero-order valence-corrected chi connectivity index (χ0v) is 12.4. The van der Waals surface area contributed by atoms with Crippen LogP contribution in [0.25, 0.3) is 0 Å². The van der Waals surface area contributed by atoms with Gasteiger partial charge in [0.1, 0.15) is 0 Å². The lowest BCUT2D eigenvalue weighted by atomic mass is 10.1. The molecule has 1 N–H and O–H groups in total. The summed E-state index contributed by atoms with van der Waals surface area (Å²) < 4.78 is 38.9. The average Bonchev–Trinajstić information content (AvgIpc) is 2.80. The van der Waals surface area contributed by atoms with E-state index in [0.717, 1.165) is 14.7 Å². The average molecular weight is 361 g/mol. The predicted molar refractivity (Wildman–Crippen MR) is 75.5 cm³/mol. The normalized spacial score (nSPS) is 11.2. The monoisotopic (exact) mass is 360 g/mol. The number of rotatable bonds is 3. The van der Waals surface area contributed by atoms with Crippen LogP contribution >= 0.6 is 27.3 Å². The SMILES string of the molecule is N#Cc1cc(NCc2ccc(Br)s2)ccc1C(F)(F)F. The van der Waals surface area contributed by atoms with E-state index >= 15 is 0 Å². The van der Waals surface area contributed by atoms with Gasteiger partial charge in [-0.2, -0.15) is 18.4 Å². The Hall–Kier alpha value is -1.52. The number of nitrogens with one attached hydrogen (secondary N) is 1. The van der Waals surface area contributed by atoms with Crippen LogP contribution in [0.5, 0.6) is 0 Å². The highest BCUT2D eigenvalue weighted by Gasteiger charge is 2.33. The molecule has 0 amide bonds. The summed E-state index contributed by atoms with van der Waals surface area (Å²) in [6, 6.07) is 8.85. The number of anilines is 1. The number of nitrogens with zero attached hydrogens (tertiary/aromatic N) is 1. The highest BCUT2D eigenvalue weighted by Crippen LogP contribution is 2.33. The maximum absolute atomic E-state index is 12.6. The van der Waals surface area contributed by atoms with Crippen molar-refractivity contribution in [1.82, 2.24) is 0 Å². The molecule has 0 atom stereocenters. The third-order valence-electron chi connectivity index (χ3n) is 2.54. The molecular weight excluding hydrogens is 353 g/mol. The molecule has 20 heavy (non-hydrogen) atoms. The molecule has 1 aromatic heterocycles. The molecule has 0 saturated heterocycles. The molecule has 0 bridgehead atoms. The standard InChI is InChI=1S/C13H8BrF3N2S/c14-12-4-2-10(20-12)7-19-9-1-3-11(13(15,16)17)8(5-9)6-18/h1-5,19H,7H2. The second kappa shape index (κ2) is 5.85. The van der Waals surface area contributed by atoms with Crippen LogP contribution in [0.2, 0.25) is 0 Å². The van der Waals surface area contributed by atoms with Gasteiger partial charge in [0.25, 0.3) is 0 Å². The van der Waals surface area contributed by atoms with E-state index in [-0.39, 0.29) is 5.56 Å². The first-order valence-electron chi connectivity index (χ1n) is 5.49. The van der Waals surface area contributed by atoms with Crippen LogP contribution in [0.3, 0.4) is 0 Å². The van der Waals surface area contributed by atoms with Gasteiger partial charge in [0, 0.05) is 17.1 Å². The number of benzene rings is 1. The summed E-state index contributed by atoms with van der Waals surface area (Å²) in [6.45, 7) is 0.493. The maximum atomic E-state index is 12.6. The van der Waals surface area contributed by atoms with Gasteiger partial charge in [0.05, 0.1) is 21.0 Å². The van der Waals surface area contributed by atoms with E-state index in [1.54, 1.807) is 6.07 Å². The Bertz CT molecular complexity index is 658. The van der Waals surface area contributed by atoms with Crippen molar-refractivity contribution in [2.45, 2.75) is 12.7 Å². The van der Waals surface area contributed by atoms with E-state index in [1.807, 2.05) is 12.1 Å². The minimum atomic E-state index is -4.51. The number of hydrogen-bond acceptors (Lipinski definition) is 3. The first kappa shape index (κ1) is 14.9. The molecule has 2 nitrogen and oxygen atoms in total. The van der Waals surface area contributed by atoms with Crippen molar-refractivity contribution in [3.8, 4) is 6.07 Å². The van der Waals surface area contributed by atoms with Gasteiger partial charge in [0.15, 0.2) is 0 Å². The van der Waals surface area contributed by atoms with E-state index in [9.17, 15) is 13.2 Å². The van der Waals surface area contributed by atoms with Gasteiger partial charge in [-0.25, -0.2) is 0 Å². The second-order valence-corrected chi connectivity index (χ2v) is 6.48. The number of nitriles is 1. The molecule has 7 heteroatoms. The molecule has 104 valence electrons. The fourth-order valence-electron chi connectivity index (χ4n) is 1.63. The van der Waals surface area contributed by atoms with E-state index in [4.69, 9.17) is 5.26 Å². The van der Waals surface area contributed by atoms with E-state index in [1.165, 1.54) is 23.5 Å². The molecule has 0 aliphatic heterocycles. The molecular formula is C13H8BrF3N2S. The van der Waals surface area contributed by atoms with Crippen molar-refractivity contribution in [3.05, 3.63) is 50.1 Å². The van der Waals surface area contributed by atoms with Crippen LogP contribution < -0.4 is 5.32 Å². The van der Waals surface area contributed by atoms with Gasteiger partial charge < -0.3 is 5.32 Å². The quantitative estimate of drug-likeness (QED) is 0.834. The summed E-state index contributed by atoms with van der Waals surface area (Å²) in [4.78, 5) is 1.04. The molecule has 0 saturated carbocycles. The molecule has 1 aromatic carbocycles. The Kier molecular flexibility index (Phi) is 4.35. The molecule has 0 spiro atoms. The van der Waals surface area contributed by atoms with Crippen LogP contribution in [0.1, 0.15) is 16.0 Å².